The van der Waals surface area contributed by atoms with Crippen LogP contribution in [0.25, 0.3) is 16.3 Å². The molecule has 92 valence electrons. The van der Waals surface area contributed by atoms with E-state index < -0.39 is 0 Å². The van der Waals surface area contributed by atoms with Gasteiger partial charge in [0.15, 0.2) is 5.82 Å². The van der Waals surface area contributed by atoms with Gasteiger partial charge in [0.1, 0.15) is 5.01 Å². The van der Waals surface area contributed by atoms with Crippen LogP contribution in [-0.4, -0.2) is 19.8 Å². The maximum absolute atomic E-state index is 5.97. The first-order valence-corrected chi connectivity index (χ1v) is 6.58. The molecule has 2 aromatic heterocycles. The standard InChI is InChI=1S/C11H10ClN5S/c1-6(13)10-16-17-9(14-15-11(17)18-10)7-3-2-4-8(12)5-7/h2-6H,13H2,1H3. The van der Waals surface area contributed by atoms with Crippen LogP contribution in [0.1, 0.15) is 18.0 Å². The van der Waals surface area contributed by atoms with Gasteiger partial charge in [-0.05, 0) is 19.1 Å². The Labute approximate surface area is 112 Å². The number of benzene rings is 1. The van der Waals surface area contributed by atoms with Crippen molar-refractivity contribution in [2.75, 3.05) is 0 Å². The summed E-state index contributed by atoms with van der Waals surface area (Å²) < 4.78 is 1.70. The first-order valence-electron chi connectivity index (χ1n) is 5.39. The zero-order valence-electron chi connectivity index (χ0n) is 9.54. The van der Waals surface area contributed by atoms with Gasteiger partial charge in [-0.2, -0.15) is 9.61 Å². The van der Waals surface area contributed by atoms with E-state index in [9.17, 15) is 0 Å². The van der Waals surface area contributed by atoms with E-state index in [0.717, 1.165) is 15.5 Å². The molecule has 7 heteroatoms. The quantitative estimate of drug-likeness (QED) is 0.783. The highest BCUT2D eigenvalue weighted by molar-refractivity contribution is 7.16. The van der Waals surface area contributed by atoms with Crippen molar-refractivity contribution < 1.29 is 0 Å². The third kappa shape index (κ3) is 1.88. The van der Waals surface area contributed by atoms with E-state index >= 15 is 0 Å². The number of hydrogen-bond acceptors (Lipinski definition) is 5. The Hall–Kier alpha value is -1.50. The summed E-state index contributed by atoms with van der Waals surface area (Å²) in [5, 5.41) is 14.1. The number of rotatable bonds is 2. The summed E-state index contributed by atoms with van der Waals surface area (Å²) in [7, 11) is 0. The Morgan fingerprint density at radius 2 is 2.22 bits per heavy atom. The van der Waals surface area contributed by atoms with Crippen molar-refractivity contribution in [3.8, 4) is 11.4 Å². The molecule has 0 aliphatic rings. The van der Waals surface area contributed by atoms with Gasteiger partial charge in [0.2, 0.25) is 4.96 Å². The van der Waals surface area contributed by atoms with Crippen LogP contribution in [0.2, 0.25) is 5.02 Å². The third-order valence-electron chi connectivity index (χ3n) is 2.48. The largest absolute Gasteiger partial charge is 0.322 e. The highest BCUT2D eigenvalue weighted by atomic mass is 35.5. The molecule has 0 saturated carbocycles. The third-order valence-corrected chi connectivity index (χ3v) is 3.81. The van der Waals surface area contributed by atoms with Crippen LogP contribution in [0, 0.1) is 0 Å². The van der Waals surface area contributed by atoms with Gasteiger partial charge in [-0.1, -0.05) is 35.1 Å². The van der Waals surface area contributed by atoms with Crippen molar-refractivity contribution in [1.29, 1.82) is 0 Å². The Kier molecular flexibility index (Phi) is 2.77. The summed E-state index contributed by atoms with van der Waals surface area (Å²) in [4.78, 5) is 0.734. The predicted octanol–water partition coefficient (Wildman–Crippen LogP) is 2.53. The molecule has 2 N–H and O–H groups in total. The first kappa shape index (κ1) is 11.6. The first-order chi connectivity index (χ1) is 8.65. The summed E-state index contributed by atoms with van der Waals surface area (Å²) in [6, 6.07) is 7.34. The molecule has 18 heavy (non-hydrogen) atoms. The van der Waals surface area contributed by atoms with E-state index in [0.29, 0.717) is 10.8 Å². The van der Waals surface area contributed by atoms with Crippen molar-refractivity contribution in [3.05, 3.63) is 34.3 Å². The maximum atomic E-state index is 5.97. The summed E-state index contributed by atoms with van der Waals surface area (Å²) >= 11 is 7.42. The lowest BCUT2D eigenvalue weighted by Crippen LogP contribution is -2.05. The van der Waals surface area contributed by atoms with Gasteiger partial charge < -0.3 is 5.73 Å². The van der Waals surface area contributed by atoms with E-state index in [2.05, 4.69) is 15.3 Å². The van der Waals surface area contributed by atoms with E-state index in [1.165, 1.54) is 11.3 Å². The number of halogens is 1. The second-order valence-corrected chi connectivity index (χ2v) is 5.38. The minimum Gasteiger partial charge on any atom is -0.322 e. The van der Waals surface area contributed by atoms with Crippen LogP contribution >= 0.6 is 22.9 Å². The van der Waals surface area contributed by atoms with Crippen molar-refractivity contribution >= 4 is 27.9 Å². The van der Waals surface area contributed by atoms with E-state index in [1.807, 2.05) is 31.2 Å². The summed E-state index contributed by atoms with van der Waals surface area (Å²) in [5.41, 5.74) is 6.70. The number of hydrogen-bond donors (Lipinski definition) is 1. The van der Waals surface area contributed by atoms with Crippen LogP contribution in [0.15, 0.2) is 24.3 Å². The minimum absolute atomic E-state index is 0.107. The predicted molar refractivity (Wildman–Crippen MR) is 71.7 cm³/mol. The van der Waals surface area contributed by atoms with Gasteiger partial charge in [0.25, 0.3) is 0 Å². The Balaban J connectivity index is 2.17. The van der Waals surface area contributed by atoms with E-state index in [4.69, 9.17) is 17.3 Å². The lowest BCUT2D eigenvalue weighted by molar-refractivity contribution is 0.769. The summed E-state index contributed by atoms with van der Waals surface area (Å²) in [6.07, 6.45) is 0. The van der Waals surface area contributed by atoms with Crippen LogP contribution in [0.5, 0.6) is 0 Å². The molecule has 2 heterocycles. The molecule has 1 unspecified atom stereocenters. The molecule has 5 nitrogen and oxygen atoms in total. The topological polar surface area (TPSA) is 69.1 Å². The van der Waals surface area contributed by atoms with Crippen molar-refractivity contribution in [1.82, 2.24) is 19.8 Å². The normalized spacial score (nSPS) is 13.1. The molecule has 0 fully saturated rings. The zero-order valence-corrected chi connectivity index (χ0v) is 11.1. The van der Waals surface area contributed by atoms with Gasteiger partial charge in [-0.3, -0.25) is 0 Å². The molecule has 0 spiro atoms. The molecular formula is C11H10ClN5S. The molecule has 0 bridgehead atoms. The Bertz CT molecular complexity index is 702. The number of aromatic nitrogens is 4. The molecule has 1 aromatic carbocycles. The molecular weight excluding hydrogens is 270 g/mol. The zero-order chi connectivity index (χ0) is 12.7. The van der Waals surface area contributed by atoms with E-state index in [-0.39, 0.29) is 6.04 Å². The van der Waals surface area contributed by atoms with Gasteiger partial charge in [-0.25, -0.2) is 0 Å². The van der Waals surface area contributed by atoms with Crippen LogP contribution in [0.4, 0.5) is 0 Å². The molecule has 0 aliphatic heterocycles. The molecule has 0 aliphatic carbocycles. The fraction of sp³-hybridized carbons (Fsp3) is 0.182. The monoisotopic (exact) mass is 279 g/mol. The number of fused-ring (bicyclic) bond motifs is 1. The second kappa shape index (κ2) is 4.31. The van der Waals surface area contributed by atoms with Gasteiger partial charge in [0, 0.05) is 10.6 Å². The molecule has 3 rings (SSSR count). The van der Waals surface area contributed by atoms with Gasteiger partial charge in [-0.15, -0.1) is 10.2 Å². The second-order valence-electron chi connectivity index (χ2n) is 3.96. The molecule has 0 saturated heterocycles. The lowest BCUT2D eigenvalue weighted by Gasteiger charge is -1.98. The summed E-state index contributed by atoms with van der Waals surface area (Å²) in [5.74, 6) is 0.677. The molecule has 0 radical (unpaired) electrons. The lowest BCUT2D eigenvalue weighted by atomic mass is 10.2. The van der Waals surface area contributed by atoms with Crippen LogP contribution in [-0.2, 0) is 0 Å². The van der Waals surface area contributed by atoms with Crippen molar-refractivity contribution in [3.63, 3.8) is 0 Å². The van der Waals surface area contributed by atoms with Gasteiger partial charge >= 0.3 is 0 Å². The average Bonchev–Trinajstić information content (AvgIpc) is 2.87. The maximum Gasteiger partial charge on any atom is 0.235 e. The highest BCUT2D eigenvalue weighted by Crippen LogP contribution is 2.25. The van der Waals surface area contributed by atoms with Crippen molar-refractivity contribution in [2.24, 2.45) is 5.73 Å². The SMILES string of the molecule is CC(N)c1nn2c(-c3cccc(Cl)c3)nnc2s1. The van der Waals surface area contributed by atoms with E-state index in [1.54, 1.807) is 4.52 Å². The van der Waals surface area contributed by atoms with Crippen LogP contribution in [0.3, 0.4) is 0 Å². The molecule has 0 amide bonds. The van der Waals surface area contributed by atoms with Crippen LogP contribution < -0.4 is 5.73 Å². The summed E-state index contributed by atoms with van der Waals surface area (Å²) in [6.45, 7) is 1.89. The highest BCUT2D eigenvalue weighted by Gasteiger charge is 2.15. The van der Waals surface area contributed by atoms with Crippen molar-refractivity contribution in [2.45, 2.75) is 13.0 Å². The minimum atomic E-state index is -0.107. The molecule has 3 aromatic rings. The number of nitrogens with zero attached hydrogens (tertiary/aromatic N) is 4. The Morgan fingerprint density at radius 3 is 2.94 bits per heavy atom. The Morgan fingerprint density at radius 1 is 1.39 bits per heavy atom. The fourth-order valence-corrected chi connectivity index (χ4v) is 2.60. The smallest absolute Gasteiger partial charge is 0.235 e. The number of nitrogens with two attached hydrogens (primary N) is 1. The van der Waals surface area contributed by atoms with Gasteiger partial charge in [0.05, 0.1) is 6.04 Å². The average molecular weight is 280 g/mol. The molecule has 1 atom stereocenters. The fourth-order valence-electron chi connectivity index (χ4n) is 1.62.